The zero-order chi connectivity index (χ0) is 5.15. The third-order valence-electron chi connectivity index (χ3n) is 0.183. The molecule has 0 saturated heterocycles. The van der Waals surface area contributed by atoms with Crippen LogP contribution in [-0.4, -0.2) is 140 Å². The average Bonchev–Trinajstić information content (AvgIpc) is 1.36. The Morgan fingerprint density at radius 3 is 0.800 bits per heavy atom. The molecule has 0 aliphatic rings. The molecule has 0 saturated carbocycles. The van der Waals surface area contributed by atoms with Gasteiger partial charge in [-0.2, -0.15) is 0 Å². The van der Waals surface area contributed by atoms with Gasteiger partial charge in [-0.25, -0.2) is 9.59 Å². The van der Waals surface area contributed by atoms with Gasteiger partial charge in [0.2, 0.25) is 0 Å². The predicted molar refractivity (Wildman–Crippen MR) is 38.3 cm³/mol. The monoisotopic (exact) mass is 182 g/mol. The number of hydrogen-bond donors (Lipinski definition) is 2. The van der Waals surface area contributed by atoms with Gasteiger partial charge in [-0.1, -0.05) is 0 Å². The van der Waals surface area contributed by atoms with Crippen LogP contribution in [0.15, 0.2) is 0 Å². The van der Waals surface area contributed by atoms with Gasteiger partial charge in [0.1, 0.15) is 0 Å². The molecule has 8 heteroatoms. The topological polar surface area (TPSA) is 74.6 Å². The van der Waals surface area contributed by atoms with Crippen molar-refractivity contribution in [3.05, 3.63) is 0 Å². The van der Waals surface area contributed by atoms with Crippen LogP contribution in [0.25, 0.3) is 0 Å². The maximum absolute atomic E-state index is 9.10. The first-order valence-electron chi connectivity index (χ1n) is 1.11. The minimum Gasteiger partial charge on any atom is -0.473 e. The van der Waals surface area contributed by atoms with Gasteiger partial charge in [0.05, 0.1) is 0 Å². The predicted octanol–water partition coefficient (Wildman–Crippen LogP) is -2.37. The molecule has 0 aliphatic carbocycles. The maximum atomic E-state index is 9.10. The maximum Gasteiger partial charge on any atom is 0.414 e. The molecule has 0 atom stereocenters. The molecule has 38 valence electrons. The van der Waals surface area contributed by atoms with Crippen LogP contribution in [0, 0.1) is 0 Å². The molecular weight excluding hydrogens is 180 g/mol. The third kappa shape index (κ3) is 22.4. The van der Waals surface area contributed by atoms with E-state index in [9.17, 15) is 0 Å². The van der Waals surface area contributed by atoms with Crippen LogP contribution < -0.4 is 0 Å². The van der Waals surface area contributed by atoms with E-state index in [1.54, 1.807) is 0 Å². The number of hydrogen-bond acceptors (Lipinski definition) is 2. The minimum atomic E-state index is -1.82. The van der Waals surface area contributed by atoms with Gasteiger partial charge >= 0.3 is 11.9 Å². The van der Waals surface area contributed by atoms with Crippen LogP contribution in [0.1, 0.15) is 0 Å². The summed E-state index contributed by atoms with van der Waals surface area (Å²) in [7, 11) is 0. The first-order valence-corrected chi connectivity index (χ1v) is 1.11. The van der Waals surface area contributed by atoms with E-state index in [-0.39, 0.29) is 118 Å². The Morgan fingerprint density at radius 1 is 0.700 bits per heavy atom. The van der Waals surface area contributed by atoms with Gasteiger partial charge in [-0.15, -0.1) is 0 Å². The van der Waals surface area contributed by atoms with Crippen molar-refractivity contribution in [3.8, 4) is 0 Å². The van der Waals surface area contributed by atoms with E-state index in [1.807, 2.05) is 0 Å². The summed E-state index contributed by atoms with van der Waals surface area (Å²) in [6, 6.07) is 0. The van der Waals surface area contributed by atoms with E-state index in [4.69, 9.17) is 19.8 Å². The van der Waals surface area contributed by atoms with Crippen molar-refractivity contribution in [1.29, 1.82) is 0 Å². The zero-order valence-electron chi connectivity index (χ0n) is 6.71. The Labute approximate surface area is 147 Å². The average molecular weight is 182 g/mol. The molecule has 10 heavy (non-hydrogen) atoms. The molecule has 0 unspecified atom stereocenters. The summed E-state index contributed by atoms with van der Waals surface area (Å²) in [5.41, 5.74) is 0. The Hall–Kier alpha value is 2.94. The number of carboxylic acids is 2. The number of carboxylic acid groups (broad SMARTS) is 2. The molecule has 0 rings (SSSR count). The van der Waals surface area contributed by atoms with Crippen molar-refractivity contribution in [3.63, 3.8) is 0 Å². The van der Waals surface area contributed by atoms with Gasteiger partial charge in [0.25, 0.3) is 0 Å². The van der Waals surface area contributed by atoms with Gasteiger partial charge in [0.15, 0.2) is 0 Å². The molecule has 0 aromatic carbocycles. The van der Waals surface area contributed by atoms with E-state index in [1.165, 1.54) is 0 Å². The molecule has 0 heterocycles. The van der Waals surface area contributed by atoms with Crippen LogP contribution >= 0.6 is 0 Å². The molecular formula is C2H2Na4O4. The molecule has 0 fully saturated rings. The normalized spacial score (nSPS) is 4.40. The fourth-order valence-electron chi connectivity index (χ4n) is 0. The minimum absolute atomic E-state index is 0. The summed E-state index contributed by atoms with van der Waals surface area (Å²) in [6.45, 7) is 0. The van der Waals surface area contributed by atoms with Crippen LogP contribution in [-0.2, 0) is 9.59 Å². The largest absolute Gasteiger partial charge is 0.473 e. The van der Waals surface area contributed by atoms with E-state index in [0.29, 0.717) is 0 Å². The second kappa shape index (κ2) is 17.9. The molecule has 0 aromatic rings. The first kappa shape index (κ1) is 29.3. The van der Waals surface area contributed by atoms with Gasteiger partial charge in [0, 0.05) is 118 Å². The van der Waals surface area contributed by atoms with Crippen molar-refractivity contribution in [1.82, 2.24) is 0 Å². The molecule has 2 N–H and O–H groups in total. The molecule has 4 radical (unpaired) electrons. The summed E-state index contributed by atoms with van der Waals surface area (Å²) in [5, 5.41) is 14.8. The van der Waals surface area contributed by atoms with Crippen LogP contribution in [0.2, 0.25) is 0 Å². The summed E-state index contributed by atoms with van der Waals surface area (Å²) in [4.78, 5) is 18.2. The summed E-state index contributed by atoms with van der Waals surface area (Å²) < 4.78 is 0. The second-order valence-electron chi connectivity index (χ2n) is 0.610. The molecule has 0 amide bonds. The fraction of sp³-hybridized carbons (Fsp3) is 0. The van der Waals surface area contributed by atoms with Crippen LogP contribution in [0.5, 0.6) is 0 Å². The molecule has 0 spiro atoms. The number of aliphatic carboxylic acids is 2. The van der Waals surface area contributed by atoms with E-state index in [0.717, 1.165) is 0 Å². The van der Waals surface area contributed by atoms with Gasteiger partial charge in [-0.05, 0) is 0 Å². The standard InChI is InChI=1S/C2H2O4.4Na/c3-1(4)2(5)6;;;;/h(H,3,4)(H,5,6);;;;. The molecule has 4 nitrogen and oxygen atoms in total. The summed E-state index contributed by atoms with van der Waals surface area (Å²) in [6.07, 6.45) is 0. The Bertz CT molecular complexity index is 81.3. The van der Waals surface area contributed by atoms with Crippen molar-refractivity contribution in [2.24, 2.45) is 0 Å². The van der Waals surface area contributed by atoms with Crippen LogP contribution in [0.3, 0.4) is 0 Å². The SMILES string of the molecule is O=C(O)C(=O)O.[Na].[Na].[Na].[Na]. The van der Waals surface area contributed by atoms with Crippen molar-refractivity contribution < 1.29 is 19.8 Å². The van der Waals surface area contributed by atoms with Crippen molar-refractivity contribution in [2.45, 2.75) is 0 Å². The quantitative estimate of drug-likeness (QED) is 0.324. The van der Waals surface area contributed by atoms with Crippen molar-refractivity contribution in [2.75, 3.05) is 0 Å². The third-order valence-corrected chi connectivity index (χ3v) is 0.183. The van der Waals surface area contributed by atoms with E-state index >= 15 is 0 Å². The Balaban J connectivity index is -0.0000000208. The molecule has 0 aromatic heterocycles. The Morgan fingerprint density at radius 2 is 0.800 bits per heavy atom. The first-order chi connectivity index (χ1) is 2.64. The fourth-order valence-corrected chi connectivity index (χ4v) is 0. The van der Waals surface area contributed by atoms with Gasteiger partial charge < -0.3 is 10.2 Å². The Kier molecular flexibility index (Phi) is 52.3. The molecule has 0 aliphatic heterocycles. The smallest absolute Gasteiger partial charge is 0.414 e. The van der Waals surface area contributed by atoms with Crippen LogP contribution in [0.4, 0.5) is 0 Å². The molecule has 0 bridgehead atoms. The second-order valence-corrected chi connectivity index (χ2v) is 0.610. The number of carbonyl (C=O) groups is 2. The van der Waals surface area contributed by atoms with E-state index < -0.39 is 11.9 Å². The van der Waals surface area contributed by atoms with Gasteiger partial charge in [-0.3, -0.25) is 0 Å². The number of rotatable bonds is 0. The summed E-state index contributed by atoms with van der Waals surface area (Å²) in [5.74, 6) is -3.65. The zero-order valence-corrected chi connectivity index (χ0v) is 14.7. The van der Waals surface area contributed by atoms with Crippen molar-refractivity contribution >= 4 is 130 Å². The summed E-state index contributed by atoms with van der Waals surface area (Å²) >= 11 is 0. The van der Waals surface area contributed by atoms with E-state index in [2.05, 4.69) is 0 Å².